The van der Waals surface area contributed by atoms with E-state index in [2.05, 4.69) is 15.0 Å². The molecular formula is C12H13F6N3O3S. The topological polar surface area (TPSA) is 71.7 Å². The van der Waals surface area contributed by atoms with Gasteiger partial charge in [-0.15, -0.1) is 0 Å². The van der Waals surface area contributed by atoms with Gasteiger partial charge in [0.2, 0.25) is 12.1 Å². The second-order valence-electron chi connectivity index (χ2n) is 5.61. The molecule has 1 aliphatic heterocycles. The predicted octanol–water partition coefficient (Wildman–Crippen LogP) is 2.75. The van der Waals surface area contributed by atoms with Crippen molar-refractivity contribution in [3.63, 3.8) is 0 Å². The summed E-state index contributed by atoms with van der Waals surface area (Å²) in [5, 5.41) is 5.77. The number of rotatable bonds is 4. The van der Waals surface area contributed by atoms with Crippen molar-refractivity contribution in [2.24, 2.45) is 12.2 Å². The van der Waals surface area contributed by atoms with Gasteiger partial charge >= 0.3 is 12.8 Å². The van der Waals surface area contributed by atoms with Gasteiger partial charge in [0.05, 0.1) is 5.56 Å². The minimum Gasteiger partial charge on any atom is -0.610 e. The fraction of sp³-hybridized carbons (Fsp3) is 0.667. The number of hydrogen-bond donors (Lipinski definition) is 0. The molecule has 6 nitrogen and oxygen atoms in total. The van der Waals surface area contributed by atoms with E-state index in [9.17, 15) is 30.9 Å². The van der Waals surface area contributed by atoms with Crippen LogP contribution in [0.15, 0.2) is 5.16 Å². The molecule has 0 aromatic carbocycles. The smallest absolute Gasteiger partial charge is 0.435 e. The van der Waals surface area contributed by atoms with E-state index in [0.717, 1.165) is 7.05 Å². The number of ether oxygens (including phenoxy) is 1. The van der Waals surface area contributed by atoms with Crippen molar-refractivity contribution in [1.82, 2.24) is 9.78 Å². The summed E-state index contributed by atoms with van der Waals surface area (Å²) in [7, 11) is 0.955. The van der Waals surface area contributed by atoms with E-state index < -0.39 is 63.7 Å². The number of aromatic nitrogens is 2. The number of halogens is 6. The fourth-order valence-corrected chi connectivity index (χ4v) is 3.36. The molecule has 13 heteroatoms. The average molecular weight is 393 g/mol. The van der Waals surface area contributed by atoms with Gasteiger partial charge in [0, 0.05) is 18.2 Å². The van der Waals surface area contributed by atoms with Crippen LogP contribution in [-0.4, -0.2) is 37.8 Å². The first-order valence-corrected chi connectivity index (χ1v) is 8.03. The van der Waals surface area contributed by atoms with E-state index in [0.29, 0.717) is 4.68 Å². The molecule has 2 rings (SSSR count). The lowest BCUT2D eigenvalue weighted by atomic mass is 10.1. The van der Waals surface area contributed by atoms with Gasteiger partial charge in [-0.05, 0) is 19.0 Å². The van der Waals surface area contributed by atoms with Gasteiger partial charge in [-0.1, -0.05) is 0 Å². The van der Waals surface area contributed by atoms with Gasteiger partial charge in [0.25, 0.3) is 5.04 Å². The molecule has 142 valence electrons. The molecule has 0 bridgehead atoms. The van der Waals surface area contributed by atoms with E-state index in [1.807, 2.05) is 0 Å². The lowest BCUT2D eigenvalue weighted by molar-refractivity contribution is -0.142. The van der Waals surface area contributed by atoms with Crippen molar-refractivity contribution in [1.29, 1.82) is 0 Å². The van der Waals surface area contributed by atoms with Gasteiger partial charge in [0.1, 0.15) is 5.75 Å². The van der Waals surface area contributed by atoms with Crippen LogP contribution in [0.1, 0.15) is 25.1 Å². The summed E-state index contributed by atoms with van der Waals surface area (Å²) in [6.45, 7) is -0.812. The summed E-state index contributed by atoms with van der Waals surface area (Å²) in [5.74, 6) is -1.88. The molecule has 0 radical (unpaired) electrons. The van der Waals surface area contributed by atoms with E-state index in [1.165, 1.54) is 13.8 Å². The van der Waals surface area contributed by atoms with Crippen LogP contribution in [-0.2, 0) is 35.0 Å². The quantitative estimate of drug-likeness (QED) is 0.583. The lowest BCUT2D eigenvalue weighted by Crippen LogP contribution is -2.37. The summed E-state index contributed by atoms with van der Waals surface area (Å²) >= 11 is -2.41. The average Bonchev–Trinajstić information content (AvgIpc) is 2.89. The molecular weight excluding hydrogens is 380 g/mol. The van der Waals surface area contributed by atoms with Crippen molar-refractivity contribution in [2.75, 3.05) is 0 Å². The summed E-state index contributed by atoms with van der Waals surface area (Å²) in [4.78, 5) is 4.75. The van der Waals surface area contributed by atoms with Gasteiger partial charge in [-0.3, -0.25) is 0 Å². The van der Waals surface area contributed by atoms with Crippen LogP contribution < -0.4 is 4.74 Å². The maximum atomic E-state index is 14.1. The third-order valence-corrected chi connectivity index (χ3v) is 4.56. The second-order valence-corrected chi connectivity index (χ2v) is 7.01. The normalized spacial score (nSPS) is 21.2. The minimum absolute atomic E-state index is 0.450. The molecule has 2 unspecified atom stereocenters. The van der Waals surface area contributed by atoms with Crippen molar-refractivity contribution < 1.29 is 40.5 Å². The number of alkyl halides is 6. The Labute approximate surface area is 140 Å². The molecule has 0 saturated heterocycles. The monoisotopic (exact) mass is 393 g/mol. The Bertz CT molecular complexity index is 676. The minimum atomic E-state index is -5.01. The number of oxime groups is 1. The summed E-state index contributed by atoms with van der Waals surface area (Å²) in [5.41, 5.74) is -3.86. The van der Waals surface area contributed by atoms with Gasteiger partial charge in [-0.25, -0.2) is 9.07 Å². The summed E-state index contributed by atoms with van der Waals surface area (Å²) in [6, 6.07) is 0. The van der Waals surface area contributed by atoms with Gasteiger partial charge in [-0.2, -0.15) is 27.1 Å². The lowest BCUT2D eigenvalue weighted by Gasteiger charge is -2.18. The third kappa shape index (κ3) is 3.97. The molecule has 1 aliphatic rings. The highest BCUT2D eigenvalue weighted by Crippen LogP contribution is 2.38. The first kappa shape index (κ1) is 19.7. The zero-order valence-electron chi connectivity index (χ0n) is 13.1. The highest BCUT2D eigenvalue weighted by Gasteiger charge is 2.49. The molecule has 0 fully saturated rings. The molecule has 0 aliphatic carbocycles. The highest BCUT2D eigenvalue weighted by atomic mass is 32.2. The number of nitrogens with zero attached hydrogens (tertiary/aromatic N) is 3. The number of aryl methyl sites for hydroxylation is 1. The second kappa shape index (κ2) is 6.59. The summed E-state index contributed by atoms with van der Waals surface area (Å²) in [6.07, 6.45) is -6.94. The molecule has 2 heterocycles. The van der Waals surface area contributed by atoms with E-state index >= 15 is 0 Å². The zero-order chi connectivity index (χ0) is 19.2. The van der Waals surface area contributed by atoms with Crippen LogP contribution in [0.4, 0.5) is 26.3 Å². The van der Waals surface area contributed by atoms with Crippen molar-refractivity contribution >= 4 is 16.2 Å². The van der Waals surface area contributed by atoms with E-state index in [1.54, 1.807) is 0 Å². The Morgan fingerprint density at radius 1 is 1.40 bits per heavy atom. The molecule has 0 amide bonds. The molecule has 0 spiro atoms. The Morgan fingerprint density at radius 2 is 2.00 bits per heavy atom. The molecule has 1 aromatic heterocycles. The highest BCUT2D eigenvalue weighted by molar-refractivity contribution is 8.05. The standard InChI is InChI=1S/C12H13F6N3O3S/c1-11(2)6(13)8(20-24-11)25(22)4-5-7(12(16,17)18)19-21(3)9(5)23-10(14)15/h6,10H,4H2,1-3H3. The Morgan fingerprint density at radius 3 is 2.44 bits per heavy atom. The molecule has 25 heavy (non-hydrogen) atoms. The first-order valence-electron chi connectivity index (χ1n) is 6.71. The predicted molar refractivity (Wildman–Crippen MR) is 74.2 cm³/mol. The Balaban J connectivity index is 2.37. The Kier molecular flexibility index (Phi) is 5.19. The van der Waals surface area contributed by atoms with Crippen molar-refractivity contribution in [3.05, 3.63) is 11.3 Å². The summed E-state index contributed by atoms with van der Waals surface area (Å²) < 4.78 is 95.0. The fourth-order valence-electron chi connectivity index (χ4n) is 2.06. The maximum absolute atomic E-state index is 14.1. The van der Waals surface area contributed by atoms with Crippen molar-refractivity contribution in [2.45, 2.75) is 44.2 Å². The molecule has 0 N–H and O–H groups in total. The SMILES string of the molecule is Cn1nc(C(F)(F)F)c(C[S+]([O-])C2=NOC(C)(C)C2F)c1OC(F)F. The molecule has 2 atom stereocenters. The maximum Gasteiger partial charge on any atom is 0.435 e. The van der Waals surface area contributed by atoms with Crippen LogP contribution in [0.5, 0.6) is 5.88 Å². The van der Waals surface area contributed by atoms with Gasteiger partial charge < -0.3 is 14.1 Å². The molecule has 0 saturated carbocycles. The van der Waals surface area contributed by atoms with E-state index in [-0.39, 0.29) is 0 Å². The Hall–Kier alpha value is -1.63. The largest absolute Gasteiger partial charge is 0.610 e. The van der Waals surface area contributed by atoms with Crippen LogP contribution in [0, 0.1) is 0 Å². The first-order chi connectivity index (χ1) is 11.3. The molecule has 1 aromatic rings. The van der Waals surface area contributed by atoms with Crippen LogP contribution in [0.25, 0.3) is 0 Å². The van der Waals surface area contributed by atoms with Crippen LogP contribution >= 0.6 is 0 Å². The van der Waals surface area contributed by atoms with Crippen LogP contribution in [0.3, 0.4) is 0 Å². The third-order valence-electron chi connectivity index (χ3n) is 3.26. The van der Waals surface area contributed by atoms with E-state index in [4.69, 9.17) is 4.84 Å². The van der Waals surface area contributed by atoms with Crippen LogP contribution in [0.2, 0.25) is 0 Å². The number of hydrogen-bond acceptors (Lipinski definition) is 5. The van der Waals surface area contributed by atoms with Gasteiger partial charge in [0.15, 0.2) is 11.3 Å². The van der Waals surface area contributed by atoms with Crippen molar-refractivity contribution in [3.8, 4) is 5.88 Å². The zero-order valence-corrected chi connectivity index (χ0v) is 13.9.